The zero-order chi connectivity index (χ0) is 13.8. The van der Waals surface area contributed by atoms with E-state index in [4.69, 9.17) is 5.11 Å². The second-order valence-electron chi connectivity index (χ2n) is 3.82. The van der Waals surface area contributed by atoms with Gasteiger partial charge in [-0.3, -0.25) is 14.3 Å². The summed E-state index contributed by atoms with van der Waals surface area (Å²) in [5, 5.41) is 15.2. The van der Waals surface area contributed by atoms with Crippen LogP contribution in [0.2, 0.25) is 0 Å². The average molecular weight is 280 g/mol. The van der Waals surface area contributed by atoms with Crippen molar-refractivity contribution in [1.29, 1.82) is 0 Å². The Hall–Kier alpha value is -2.09. The topological polar surface area (TPSA) is 101 Å². The third-order valence-corrected chi connectivity index (χ3v) is 3.51. The number of carboxylic acid groups (broad SMARTS) is 1. The zero-order valence-corrected chi connectivity index (χ0v) is 10.9. The van der Waals surface area contributed by atoms with Gasteiger partial charge in [-0.05, 0) is 24.6 Å². The van der Waals surface area contributed by atoms with E-state index >= 15 is 0 Å². The maximum Gasteiger partial charge on any atom is 0.344 e. The lowest BCUT2D eigenvalue weighted by Crippen LogP contribution is -2.22. The highest BCUT2D eigenvalue weighted by Gasteiger charge is 2.17. The number of nitrogens with zero attached hydrogens (tertiary/aromatic N) is 3. The van der Waals surface area contributed by atoms with E-state index < -0.39 is 5.97 Å². The van der Waals surface area contributed by atoms with Gasteiger partial charge in [0.2, 0.25) is 0 Å². The molecule has 0 aromatic carbocycles. The molecule has 0 aliphatic carbocycles. The van der Waals surface area contributed by atoms with E-state index in [1.165, 1.54) is 4.57 Å². The third kappa shape index (κ3) is 3.02. The van der Waals surface area contributed by atoms with Crippen LogP contribution in [0.5, 0.6) is 0 Å². The van der Waals surface area contributed by atoms with Crippen LogP contribution in [-0.2, 0) is 4.79 Å². The molecule has 7 nitrogen and oxygen atoms in total. The zero-order valence-electron chi connectivity index (χ0n) is 10.1. The number of pyridine rings is 1. The fraction of sp³-hybridized carbons (Fsp3) is 0.273. The number of carboxylic acids is 1. The molecule has 0 amide bonds. The number of carbonyl (C=O) groups is 1. The molecule has 0 aliphatic rings. The molecule has 0 radical (unpaired) electrons. The number of aromatic amines is 1. The van der Waals surface area contributed by atoms with Crippen LogP contribution in [0.15, 0.2) is 34.5 Å². The summed E-state index contributed by atoms with van der Waals surface area (Å²) in [6, 6.07) is 3.36. The first-order valence-corrected chi connectivity index (χ1v) is 6.49. The molecule has 8 heteroatoms. The predicted octanol–water partition coefficient (Wildman–Crippen LogP) is 0.752. The normalized spacial score (nSPS) is 12.3. The summed E-state index contributed by atoms with van der Waals surface area (Å²) in [7, 11) is 0. The lowest BCUT2D eigenvalue weighted by atomic mass is 10.1. The van der Waals surface area contributed by atoms with Crippen LogP contribution in [-0.4, -0.2) is 36.6 Å². The smallest absolute Gasteiger partial charge is 0.344 e. The van der Waals surface area contributed by atoms with E-state index in [0.717, 1.165) is 17.3 Å². The first-order chi connectivity index (χ1) is 9.09. The van der Waals surface area contributed by atoms with Gasteiger partial charge in [0.05, 0.1) is 11.8 Å². The Morgan fingerprint density at radius 3 is 2.84 bits per heavy atom. The molecule has 0 spiro atoms. The van der Waals surface area contributed by atoms with Crippen LogP contribution < -0.4 is 5.69 Å². The Labute approximate surface area is 112 Å². The van der Waals surface area contributed by atoms with E-state index in [2.05, 4.69) is 15.2 Å². The van der Waals surface area contributed by atoms with Crippen LogP contribution >= 0.6 is 11.8 Å². The number of H-pyrrole nitrogens is 1. The van der Waals surface area contributed by atoms with Crippen molar-refractivity contribution < 1.29 is 9.90 Å². The van der Waals surface area contributed by atoms with Crippen molar-refractivity contribution in [1.82, 2.24) is 19.7 Å². The molecule has 0 fully saturated rings. The molecule has 1 atom stereocenters. The first-order valence-electron chi connectivity index (χ1n) is 5.51. The molecule has 2 heterocycles. The molecule has 2 aromatic rings. The highest BCUT2D eigenvalue weighted by atomic mass is 32.2. The average Bonchev–Trinajstić information content (AvgIpc) is 2.78. The summed E-state index contributed by atoms with van der Waals surface area (Å²) in [6.07, 6.45) is 3.28. The van der Waals surface area contributed by atoms with Gasteiger partial charge < -0.3 is 5.11 Å². The number of aromatic nitrogens is 4. The van der Waals surface area contributed by atoms with Crippen molar-refractivity contribution in [3.63, 3.8) is 0 Å². The second-order valence-corrected chi connectivity index (χ2v) is 4.76. The van der Waals surface area contributed by atoms with Crippen LogP contribution in [0.25, 0.3) is 0 Å². The van der Waals surface area contributed by atoms with Crippen LogP contribution in [0.1, 0.15) is 18.5 Å². The van der Waals surface area contributed by atoms with E-state index in [-0.39, 0.29) is 17.5 Å². The van der Waals surface area contributed by atoms with E-state index in [9.17, 15) is 9.59 Å². The minimum atomic E-state index is -0.955. The maximum atomic E-state index is 11.8. The molecular weight excluding hydrogens is 268 g/mol. The Bertz CT molecular complexity index is 622. The van der Waals surface area contributed by atoms with Gasteiger partial charge in [0.25, 0.3) is 0 Å². The fourth-order valence-corrected chi connectivity index (χ4v) is 2.39. The number of hydrogen-bond acceptors (Lipinski definition) is 5. The monoisotopic (exact) mass is 280 g/mol. The summed E-state index contributed by atoms with van der Waals surface area (Å²) < 4.78 is 1.43. The lowest BCUT2D eigenvalue weighted by molar-refractivity contribution is -0.133. The van der Waals surface area contributed by atoms with Gasteiger partial charge in [-0.25, -0.2) is 9.89 Å². The summed E-state index contributed by atoms with van der Waals surface area (Å²) in [6.45, 7) is 1.84. The Balaban J connectivity index is 2.31. The molecule has 100 valence electrons. The number of rotatable bonds is 5. The Morgan fingerprint density at radius 1 is 1.53 bits per heavy atom. The van der Waals surface area contributed by atoms with Crippen molar-refractivity contribution in [3.8, 4) is 0 Å². The molecule has 0 aliphatic heterocycles. The molecule has 1 unspecified atom stereocenters. The maximum absolute atomic E-state index is 11.8. The van der Waals surface area contributed by atoms with Crippen molar-refractivity contribution in [3.05, 3.63) is 40.6 Å². The van der Waals surface area contributed by atoms with Crippen molar-refractivity contribution in [2.24, 2.45) is 0 Å². The second kappa shape index (κ2) is 5.70. The van der Waals surface area contributed by atoms with Gasteiger partial charge in [-0.15, -0.1) is 5.10 Å². The van der Waals surface area contributed by atoms with E-state index in [1.54, 1.807) is 24.5 Å². The minimum absolute atomic E-state index is 0.145. The van der Waals surface area contributed by atoms with Gasteiger partial charge in [0, 0.05) is 12.4 Å². The number of nitrogens with one attached hydrogen (secondary N) is 1. The Kier molecular flexibility index (Phi) is 4.00. The van der Waals surface area contributed by atoms with E-state index in [1.807, 2.05) is 6.92 Å². The predicted molar refractivity (Wildman–Crippen MR) is 69.3 cm³/mol. The number of aliphatic carboxylic acids is 1. The standard InChI is InChI=1S/C11H12N4O3S/c1-7(8-2-4-12-5-3-8)15-10(18)13-14-11(15)19-6-9(16)17/h2-5,7H,6H2,1H3,(H,13,18)(H,16,17). The highest BCUT2D eigenvalue weighted by Crippen LogP contribution is 2.21. The van der Waals surface area contributed by atoms with Crippen LogP contribution in [0.4, 0.5) is 0 Å². The third-order valence-electron chi connectivity index (χ3n) is 2.57. The molecule has 0 saturated carbocycles. The molecule has 2 N–H and O–H groups in total. The summed E-state index contributed by atoms with van der Waals surface area (Å²) >= 11 is 1.00. The Morgan fingerprint density at radius 2 is 2.21 bits per heavy atom. The molecule has 2 aromatic heterocycles. The number of hydrogen-bond donors (Lipinski definition) is 2. The summed E-state index contributed by atoms with van der Waals surface area (Å²) in [5.41, 5.74) is 0.535. The molecular formula is C11H12N4O3S. The van der Waals surface area contributed by atoms with Gasteiger partial charge >= 0.3 is 11.7 Å². The van der Waals surface area contributed by atoms with Crippen molar-refractivity contribution in [2.45, 2.75) is 18.1 Å². The minimum Gasteiger partial charge on any atom is -0.481 e. The number of thioether (sulfide) groups is 1. The van der Waals surface area contributed by atoms with Crippen molar-refractivity contribution >= 4 is 17.7 Å². The molecule has 2 rings (SSSR count). The molecule has 0 saturated heterocycles. The quantitative estimate of drug-likeness (QED) is 0.784. The highest BCUT2D eigenvalue weighted by molar-refractivity contribution is 7.99. The van der Waals surface area contributed by atoms with Crippen LogP contribution in [0, 0.1) is 0 Å². The van der Waals surface area contributed by atoms with Gasteiger partial charge in [0.1, 0.15) is 0 Å². The molecule has 19 heavy (non-hydrogen) atoms. The summed E-state index contributed by atoms with van der Waals surface area (Å²) in [5.74, 6) is -1.10. The van der Waals surface area contributed by atoms with Gasteiger partial charge in [-0.1, -0.05) is 11.8 Å². The lowest BCUT2D eigenvalue weighted by Gasteiger charge is -2.13. The van der Waals surface area contributed by atoms with Gasteiger partial charge in [-0.2, -0.15) is 0 Å². The van der Waals surface area contributed by atoms with Crippen LogP contribution in [0.3, 0.4) is 0 Å². The summed E-state index contributed by atoms with van der Waals surface area (Å²) in [4.78, 5) is 26.3. The fourth-order valence-electron chi connectivity index (χ4n) is 1.65. The SMILES string of the molecule is CC(c1ccncc1)n1c(SCC(=O)O)n[nH]c1=O. The largest absolute Gasteiger partial charge is 0.481 e. The van der Waals surface area contributed by atoms with E-state index in [0.29, 0.717) is 5.16 Å². The van der Waals surface area contributed by atoms with Crippen molar-refractivity contribution in [2.75, 3.05) is 5.75 Å². The molecule has 0 bridgehead atoms. The van der Waals surface area contributed by atoms with Gasteiger partial charge in [0.15, 0.2) is 5.16 Å². The first kappa shape index (κ1) is 13.3.